The molecule has 0 saturated heterocycles. The first kappa shape index (κ1) is 13.4. The summed E-state index contributed by atoms with van der Waals surface area (Å²) in [5, 5.41) is 11.9. The number of nitrogens with zero attached hydrogens (tertiary/aromatic N) is 1. The third-order valence-corrected chi connectivity index (χ3v) is 3.51. The van der Waals surface area contributed by atoms with Crippen molar-refractivity contribution in [3.8, 4) is 0 Å². The van der Waals surface area contributed by atoms with E-state index in [1.165, 1.54) is 5.56 Å². The van der Waals surface area contributed by atoms with Crippen molar-refractivity contribution in [3.05, 3.63) is 59.8 Å². The lowest BCUT2D eigenvalue weighted by Gasteiger charge is -2.04. The summed E-state index contributed by atoms with van der Waals surface area (Å²) in [6.07, 6.45) is 0.776. The smallest absolute Gasteiger partial charge is 0.404 e. The SMILES string of the molecule is O=C(O)NCc1ccc(CSc2ccccn2)cc1. The van der Waals surface area contributed by atoms with Crippen molar-refractivity contribution in [2.75, 3.05) is 0 Å². The number of hydrogen-bond donors (Lipinski definition) is 2. The molecule has 2 rings (SSSR count). The van der Waals surface area contributed by atoms with Crippen molar-refractivity contribution < 1.29 is 9.90 Å². The monoisotopic (exact) mass is 274 g/mol. The van der Waals surface area contributed by atoms with Gasteiger partial charge in [-0.15, -0.1) is 11.8 Å². The Morgan fingerprint density at radius 1 is 1.16 bits per heavy atom. The molecular weight excluding hydrogens is 260 g/mol. The van der Waals surface area contributed by atoms with Crippen LogP contribution in [0.5, 0.6) is 0 Å². The lowest BCUT2D eigenvalue weighted by molar-refractivity contribution is 0.194. The lowest BCUT2D eigenvalue weighted by atomic mass is 10.1. The van der Waals surface area contributed by atoms with Gasteiger partial charge < -0.3 is 10.4 Å². The molecule has 0 aliphatic rings. The highest BCUT2D eigenvalue weighted by atomic mass is 32.2. The quantitative estimate of drug-likeness (QED) is 0.822. The zero-order chi connectivity index (χ0) is 13.5. The van der Waals surface area contributed by atoms with Gasteiger partial charge in [-0.2, -0.15) is 0 Å². The second kappa shape index (κ2) is 6.80. The van der Waals surface area contributed by atoms with Crippen LogP contribution < -0.4 is 5.32 Å². The van der Waals surface area contributed by atoms with Crippen LogP contribution in [-0.4, -0.2) is 16.2 Å². The number of aromatic nitrogens is 1. The molecule has 4 nitrogen and oxygen atoms in total. The van der Waals surface area contributed by atoms with E-state index in [0.29, 0.717) is 6.54 Å². The molecule has 19 heavy (non-hydrogen) atoms. The van der Waals surface area contributed by atoms with Crippen LogP contribution in [0.3, 0.4) is 0 Å². The molecule has 0 radical (unpaired) electrons. The molecule has 0 fully saturated rings. The summed E-state index contributed by atoms with van der Waals surface area (Å²) < 4.78 is 0. The van der Waals surface area contributed by atoms with E-state index in [-0.39, 0.29) is 0 Å². The molecule has 0 bridgehead atoms. The van der Waals surface area contributed by atoms with E-state index < -0.39 is 6.09 Å². The molecule has 1 amide bonds. The van der Waals surface area contributed by atoms with Gasteiger partial charge in [-0.05, 0) is 23.3 Å². The van der Waals surface area contributed by atoms with E-state index in [1.54, 1.807) is 18.0 Å². The molecule has 2 aromatic rings. The minimum absolute atomic E-state index is 0.336. The first-order valence-corrected chi connectivity index (χ1v) is 6.81. The summed E-state index contributed by atoms with van der Waals surface area (Å²) in [4.78, 5) is 14.6. The van der Waals surface area contributed by atoms with Gasteiger partial charge >= 0.3 is 6.09 Å². The Balaban J connectivity index is 1.86. The van der Waals surface area contributed by atoms with Crippen molar-refractivity contribution in [1.29, 1.82) is 0 Å². The second-order valence-corrected chi connectivity index (χ2v) is 4.93. The molecule has 0 atom stereocenters. The Morgan fingerprint density at radius 2 is 1.89 bits per heavy atom. The maximum atomic E-state index is 10.4. The van der Waals surface area contributed by atoms with Crippen molar-refractivity contribution >= 4 is 17.9 Å². The van der Waals surface area contributed by atoms with Crippen LogP contribution in [0.15, 0.2) is 53.7 Å². The fourth-order valence-corrected chi connectivity index (χ4v) is 2.34. The van der Waals surface area contributed by atoms with Crippen LogP contribution >= 0.6 is 11.8 Å². The maximum absolute atomic E-state index is 10.4. The molecule has 0 aliphatic heterocycles. The Bertz CT molecular complexity index is 529. The fourth-order valence-electron chi connectivity index (χ4n) is 1.52. The van der Waals surface area contributed by atoms with Crippen LogP contribution in [0, 0.1) is 0 Å². The normalized spacial score (nSPS) is 10.1. The minimum atomic E-state index is -1.00. The number of thioether (sulfide) groups is 1. The molecule has 5 heteroatoms. The Kier molecular flexibility index (Phi) is 4.80. The molecule has 2 N–H and O–H groups in total. The highest BCUT2D eigenvalue weighted by Crippen LogP contribution is 2.20. The van der Waals surface area contributed by atoms with Crippen LogP contribution in [-0.2, 0) is 12.3 Å². The van der Waals surface area contributed by atoms with Gasteiger partial charge in [0.2, 0.25) is 0 Å². The van der Waals surface area contributed by atoms with E-state index in [9.17, 15) is 4.79 Å². The largest absolute Gasteiger partial charge is 0.465 e. The number of pyridine rings is 1. The standard InChI is InChI=1S/C14H14N2O2S/c17-14(18)16-9-11-4-6-12(7-5-11)10-19-13-3-1-2-8-15-13/h1-8,16H,9-10H2,(H,17,18). The summed E-state index contributed by atoms with van der Waals surface area (Å²) in [6.45, 7) is 0.336. The van der Waals surface area contributed by atoms with Gasteiger partial charge in [-0.1, -0.05) is 30.3 Å². The van der Waals surface area contributed by atoms with Crippen LogP contribution in [0.25, 0.3) is 0 Å². The average Bonchev–Trinajstić information content (AvgIpc) is 2.45. The highest BCUT2D eigenvalue weighted by molar-refractivity contribution is 7.98. The van der Waals surface area contributed by atoms with Crippen LogP contribution in [0.2, 0.25) is 0 Å². The summed E-state index contributed by atoms with van der Waals surface area (Å²) in [6, 6.07) is 13.7. The number of amides is 1. The lowest BCUT2D eigenvalue weighted by Crippen LogP contribution is -2.19. The first-order chi connectivity index (χ1) is 9.24. The number of hydrogen-bond acceptors (Lipinski definition) is 3. The molecule has 1 heterocycles. The third kappa shape index (κ3) is 4.63. The zero-order valence-electron chi connectivity index (χ0n) is 10.2. The van der Waals surface area contributed by atoms with Crippen molar-refractivity contribution in [3.63, 3.8) is 0 Å². The molecule has 1 aromatic heterocycles. The van der Waals surface area contributed by atoms with Gasteiger partial charge in [0.15, 0.2) is 0 Å². The van der Waals surface area contributed by atoms with E-state index in [0.717, 1.165) is 16.3 Å². The van der Waals surface area contributed by atoms with E-state index in [2.05, 4.69) is 10.3 Å². The first-order valence-electron chi connectivity index (χ1n) is 5.82. The summed E-state index contributed by atoms with van der Waals surface area (Å²) >= 11 is 1.68. The Labute approximate surface area is 115 Å². The van der Waals surface area contributed by atoms with Gasteiger partial charge in [0, 0.05) is 18.5 Å². The van der Waals surface area contributed by atoms with Gasteiger partial charge in [-0.3, -0.25) is 0 Å². The van der Waals surface area contributed by atoms with Gasteiger partial charge in [0.1, 0.15) is 0 Å². The van der Waals surface area contributed by atoms with E-state index in [4.69, 9.17) is 5.11 Å². The average molecular weight is 274 g/mol. The molecule has 0 spiro atoms. The topological polar surface area (TPSA) is 62.2 Å². The van der Waals surface area contributed by atoms with Gasteiger partial charge in [0.05, 0.1) is 5.03 Å². The number of carbonyl (C=O) groups is 1. The van der Waals surface area contributed by atoms with Gasteiger partial charge in [-0.25, -0.2) is 9.78 Å². The highest BCUT2D eigenvalue weighted by Gasteiger charge is 1.99. The van der Waals surface area contributed by atoms with E-state index >= 15 is 0 Å². The summed E-state index contributed by atoms with van der Waals surface area (Å²) in [5.41, 5.74) is 2.14. The molecule has 1 aromatic carbocycles. The van der Waals surface area contributed by atoms with Gasteiger partial charge in [0.25, 0.3) is 0 Å². The molecule has 0 saturated carbocycles. The van der Waals surface area contributed by atoms with Crippen molar-refractivity contribution in [1.82, 2.24) is 10.3 Å². The predicted octanol–water partition coefficient (Wildman–Crippen LogP) is 3.14. The van der Waals surface area contributed by atoms with Crippen molar-refractivity contribution in [2.24, 2.45) is 0 Å². The Hall–Kier alpha value is -2.01. The number of nitrogens with one attached hydrogen (secondary N) is 1. The molecular formula is C14H14N2O2S. The second-order valence-electron chi connectivity index (χ2n) is 3.93. The third-order valence-electron chi connectivity index (χ3n) is 2.49. The van der Waals surface area contributed by atoms with Crippen molar-refractivity contribution in [2.45, 2.75) is 17.3 Å². The molecule has 98 valence electrons. The Morgan fingerprint density at radius 3 is 2.53 bits per heavy atom. The minimum Gasteiger partial charge on any atom is -0.465 e. The zero-order valence-corrected chi connectivity index (χ0v) is 11.1. The summed E-state index contributed by atoms with van der Waals surface area (Å²) in [7, 11) is 0. The number of benzene rings is 1. The van der Waals surface area contributed by atoms with Crippen LogP contribution in [0.4, 0.5) is 4.79 Å². The maximum Gasteiger partial charge on any atom is 0.404 e. The number of rotatable bonds is 5. The van der Waals surface area contributed by atoms with E-state index in [1.807, 2.05) is 42.5 Å². The number of carboxylic acid groups (broad SMARTS) is 1. The van der Waals surface area contributed by atoms with Crippen LogP contribution in [0.1, 0.15) is 11.1 Å². The predicted molar refractivity (Wildman–Crippen MR) is 75.1 cm³/mol. The molecule has 0 aliphatic carbocycles. The summed E-state index contributed by atoms with van der Waals surface area (Å²) in [5.74, 6) is 0.851. The fraction of sp³-hybridized carbons (Fsp3) is 0.143. The molecule has 0 unspecified atom stereocenters.